The summed E-state index contributed by atoms with van der Waals surface area (Å²) in [5, 5.41) is 11.5. The van der Waals surface area contributed by atoms with Crippen molar-refractivity contribution in [3.63, 3.8) is 0 Å². The number of rotatable bonds is 5. The maximum atomic E-state index is 6.42. The summed E-state index contributed by atoms with van der Waals surface area (Å²) in [6.45, 7) is 0. The molecule has 1 aliphatic carbocycles. The van der Waals surface area contributed by atoms with Gasteiger partial charge in [-0.15, -0.1) is 10.2 Å². The van der Waals surface area contributed by atoms with Crippen molar-refractivity contribution in [1.82, 2.24) is 19.7 Å². The van der Waals surface area contributed by atoms with Crippen molar-refractivity contribution in [2.45, 2.75) is 29.7 Å². The van der Waals surface area contributed by atoms with E-state index in [0.29, 0.717) is 16.8 Å². The van der Waals surface area contributed by atoms with Gasteiger partial charge in [0.1, 0.15) is 11.0 Å². The second-order valence-electron chi connectivity index (χ2n) is 6.71. The Labute approximate surface area is 166 Å². The first kappa shape index (κ1) is 16.8. The normalized spacial score (nSPS) is 14.0. The molecule has 2 aromatic heterocycles. The number of benzene rings is 2. The van der Waals surface area contributed by atoms with Gasteiger partial charge in [-0.1, -0.05) is 59.8 Å². The molecule has 134 valence electrons. The summed E-state index contributed by atoms with van der Waals surface area (Å²) < 4.78 is 2.19. The van der Waals surface area contributed by atoms with Crippen LogP contribution in [-0.4, -0.2) is 19.7 Å². The van der Waals surface area contributed by atoms with Crippen LogP contribution in [-0.2, 0) is 5.75 Å². The average molecular weight is 393 g/mol. The van der Waals surface area contributed by atoms with E-state index in [-0.39, 0.29) is 0 Å². The van der Waals surface area contributed by atoms with E-state index in [4.69, 9.17) is 11.6 Å². The Bertz CT molecular complexity index is 1110. The highest BCUT2D eigenvalue weighted by Gasteiger charge is 2.31. The van der Waals surface area contributed by atoms with E-state index < -0.39 is 0 Å². The van der Waals surface area contributed by atoms with Crippen molar-refractivity contribution in [2.24, 2.45) is 0 Å². The Morgan fingerprint density at radius 2 is 1.78 bits per heavy atom. The minimum atomic E-state index is 0.526. The van der Waals surface area contributed by atoms with Crippen LogP contribution in [0.25, 0.3) is 16.6 Å². The third-order valence-electron chi connectivity index (χ3n) is 4.72. The van der Waals surface area contributed by atoms with Gasteiger partial charge in [0.15, 0.2) is 5.16 Å². The third-order valence-corrected chi connectivity index (χ3v) is 6.03. The zero-order valence-electron chi connectivity index (χ0n) is 14.5. The zero-order chi connectivity index (χ0) is 18.2. The molecule has 0 amide bonds. The highest BCUT2D eigenvalue weighted by atomic mass is 35.5. The predicted molar refractivity (Wildman–Crippen MR) is 110 cm³/mol. The number of pyridine rings is 1. The summed E-state index contributed by atoms with van der Waals surface area (Å²) in [5.74, 6) is 2.29. The minimum absolute atomic E-state index is 0.526. The predicted octanol–water partition coefficient (Wildman–Crippen LogP) is 5.64. The van der Waals surface area contributed by atoms with E-state index in [1.807, 2.05) is 36.4 Å². The molecule has 0 N–H and O–H groups in total. The van der Waals surface area contributed by atoms with E-state index in [1.165, 1.54) is 12.8 Å². The lowest BCUT2D eigenvalue weighted by Gasteiger charge is -2.10. The lowest BCUT2D eigenvalue weighted by Crippen LogP contribution is -2.01. The van der Waals surface area contributed by atoms with E-state index in [1.54, 1.807) is 11.8 Å². The molecule has 0 radical (unpaired) electrons. The summed E-state index contributed by atoms with van der Waals surface area (Å²) >= 11 is 8.07. The largest absolute Gasteiger partial charge is 0.274 e. The maximum Gasteiger partial charge on any atom is 0.196 e. The van der Waals surface area contributed by atoms with E-state index in [2.05, 4.69) is 44.0 Å². The standard InChI is InChI=1S/C21H17ClN4S/c22-19-16(12-15-6-4-5-9-18(15)23-19)13-27-21-25-24-20(14-10-11-14)26(21)17-7-2-1-3-8-17/h1-9,12,14H,10-11,13H2. The summed E-state index contributed by atoms with van der Waals surface area (Å²) in [6.07, 6.45) is 2.38. The topological polar surface area (TPSA) is 43.6 Å². The lowest BCUT2D eigenvalue weighted by molar-refractivity contribution is 0.829. The van der Waals surface area contributed by atoms with Gasteiger partial charge in [0, 0.05) is 28.3 Å². The number of fused-ring (bicyclic) bond motifs is 1. The lowest BCUT2D eigenvalue weighted by atomic mass is 10.2. The van der Waals surface area contributed by atoms with Crippen LogP contribution in [0, 0.1) is 0 Å². The molecule has 4 nitrogen and oxygen atoms in total. The van der Waals surface area contributed by atoms with Crippen molar-refractivity contribution < 1.29 is 0 Å². The van der Waals surface area contributed by atoms with Crippen LogP contribution in [0.3, 0.4) is 0 Å². The monoisotopic (exact) mass is 392 g/mol. The molecule has 27 heavy (non-hydrogen) atoms. The third kappa shape index (κ3) is 3.33. The summed E-state index contributed by atoms with van der Waals surface area (Å²) in [6, 6.07) is 20.5. The second-order valence-corrected chi connectivity index (χ2v) is 8.01. The number of aromatic nitrogens is 4. The maximum absolute atomic E-state index is 6.42. The van der Waals surface area contributed by atoms with Crippen LogP contribution >= 0.6 is 23.4 Å². The van der Waals surface area contributed by atoms with E-state index in [0.717, 1.165) is 33.1 Å². The molecule has 0 bridgehead atoms. The molecule has 6 heteroatoms. The molecule has 4 aromatic rings. The van der Waals surface area contributed by atoms with Crippen LogP contribution in [0.5, 0.6) is 0 Å². The fourth-order valence-corrected chi connectivity index (χ4v) is 4.40. The number of para-hydroxylation sites is 2. The van der Waals surface area contributed by atoms with E-state index in [9.17, 15) is 0 Å². The fourth-order valence-electron chi connectivity index (χ4n) is 3.18. The minimum Gasteiger partial charge on any atom is -0.274 e. The van der Waals surface area contributed by atoms with Crippen molar-refractivity contribution in [3.05, 3.63) is 77.2 Å². The fraction of sp³-hybridized carbons (Fsp3) is 0.190. The van der Waals surface area contributed by atoms with Gasteiger partial charge in [0.05, 0.1) is 5.52 Å². The van der Waals surface area contributed by atoms with Crippen LogP contribution in [0.4, 0.5) is 0 Å². The van der Waals surface area contributed by atoms with Crippen LogP contribution in [0.2, 0.25) is 5.15 Å². The van der Waals surface area contributed by atoms with Crippen LogP contribution in [0.15, 0.2) is 65.8 Å². The Balaban J connectivity index is 1.47. The Kier molecular flexibility index (Phi) is 4.34. The van der Waals surface area contributed by atoms with Crippen molar-refractivity contribution in [2.75, 3.05) is 0 Å². The molecule has 0 saturated heterocycles. The molecule has 0 unspecified atom stereocenters. The van der Waals surface area contributed by atoms with E-state index >= 15 is 0 Å². The van der Waals surface area contributed by atoms with Gasteiger partial charge >= 0.3 is 0 Å². The van der Waals surface area contributed by atoms with Crippen molar-refractivity contribution in [1.29, 1.82) is 0 Å². The summed E-state index contributed by atoms with van der Waals surface area (Å²) in [4.78, 5) is 4.52. The van der Waals surface area contributed by atoms with Gasteiger partial charge in [-0.05, 0) is 37.1 Å². The molecule has 1 aliphatic rings. The molecular weight excluding hydrogens is 376 g/mol. The summed E-state index contributed by atoms with van der Waals surface area (Å²) in [7, 11) is 0. The smallest absolute Gasteiger partial charge is 0.196 e. The Morgan fingerprint density at radius 3 is 2.59 bits per heavy atom. The van der Waals surface area contributed by atoms with Gasteiger partial charge in [-0.2, -0.15) is 0 Å². The van der Waals surface area contributed by atoms with Crippen LogP contribution in [0.1, 0.15) is 30.1 Å². The molecule has 1 saturated carbocycles. The molecular formula is C21H17ClN4S. The average Bonchev–Trinajstić information content (AvgIpc) is 3.46. The highest BCUT2D eigenvalue weighted by molar-refractivity contribution is 7.98. The van der Waals surface area contributed by atoms with Crippen molar-refractivity contribution >= 4 is 34.3 Å². The second kappa shape index (κ2) is 6.98. The summed E-state index contributed by atoms with van der Waals surface area (Å²) in [5.41, 5.74) is 3.03. The van der Waals surface area contributed by atoms with Crippen LogP contribution < -0.4 is 0 Å². The number of halogens is 1. The molecule has 0 spiro atoms. The van der Waals surface area contributed by atoms with Crippen molar-refractivity contribution in [3.8, 4) is 5.69 Å². The number of thioether (sulfide) groups is 1. The van der Waals surface area contributed by atoms with Gasteiger partial charge in [-0.3, -0.25) is 4.57 Å². The first-order valence-electron chi connectivity index (χ1n) is 8.97. The quantitative estimate of drug-likeness (QED) is 0.325. The molecule has 1 fully saturated rings. The number of hydrogen-bond donors (Lipinski definition) is 0. The van der Waals surface area contributed by atoms with Gasteiger partial charge in [0.2, 0.25) is 0 Å². The Morgan fingerprint density at radius 1 is 1.00 bits per heavy atom. The van der Waals surface area contributed by atoms with Gasteiger partial charge in [0.25, 0.3) is 0 Å². The molecule has 2 aromatic carbocycles. The highest BCUT2D eigenvalue weighted by Crippen LogP contribution is 2.41. The molecule has 0 atom stereocenters. The first-order chi connectivity index (χ1) is 13.3. The molecule has 0 aliphatic heterocycles. The first-order valence-corrected chi connectivity index (χ1v) is 10.3. The SMILES string of the molecule is Clc1nc2ccccc2cc1CSc1nnc(C2CC2)n1-c1ccccc1. The Hall–Kier alpha value is -2.37. The number of nitrogens with zero attached hydrogens (tertiary/aromatic N) is 4. The molecule has 5 rings (SSSR count). The van der Waals surface area contributed by atoms with Gasteiger partial charge in [-0.25, -0.2) is 4.98 Å². The van der Waals surface area contributed by atoms with Gasteiger partial charge < -0.3 is 0 Å². The zero-order valence-corrected chi connectivity index (χ0v) is 16.1. The molecule has 2 heterocycles. The number of hydrogen-bond acceptors (Lipinski definition) is 4.